The highest BCUT2D eigenvalue weighted by atomic mass is 127. The molecule has 1 aromatic rings. The standard InChI is InChI=1S/C19H30N4O.HI/c1-14(2)12-21-19(20-3)22-13-15-7-6-10-17(11-15)23-18(24)16-8-4-5-9-16;/h6-7,10-11,14,16H,4-5,8-9,12-13H2,1-3H3,(H,23,24)(H2,20,21,22);1H. The summed E-state index contributed by atoms with van der Waals surface area (Å²) in [6, 6.07) is 8.00. The smallest absolute Gasteiger partial charge is 0.227 e. The zero-order chi connectivity index (χ0) is 17.4. The minimum atomic E-state index is 0. The number of amides is 1. The molecule has 0 aromatic heterocycles. The van der Waals surface area contributed by atoms with Gasteiger partial charge >= 0.3 is 0 Å². The van der Waals surface area contributed by atoms with E-state index in [9.17, 15) is 4.79 Å². The molecule has 5 nitrogen and oxygen atoms in total. The van der Waals surface area contributed by atoms with Crippen LogP contribution in [0.1, 0.15) is 45.1 Å². The Morgan fingerprint density at radius 3 is 2.60 bits per heavy atom. The van der Waals surface area contributed by atoms with Crippen molar-refractivity contribution in [1.29, 1.82) is 0 Å². The van der Waals surface area contributed by atoms with Gasteiger partial charge in [0, 0.05) is 31.7 Å². The molecule has 25 heavy (non-hydrogen) atoms. The van der Waals surface area contributed by atoms with Gasteiger partial charge in [-0.2, -0.15) is 0 Å². The van der Waals surface area contributed by atoms with E-state index < -0.39 is 0 Å². The summed E-state index contributed by atoms with van der Waals surface area (Å²) in [6.07, 6.45) is 4.38. The van der Waals surface area contributed by atoms with E-state index >= 15 is 0 Å². The van der Waals surface area contributed by atoms with Crippen molar-refractivity contribution in [1.82, 2.24) is 10.6 Å². The number of anilines is 1. The lowest BCUT2D eigenvalue weighted by Crippen LogP contribution is -2.38. The number of hydrogen-bond acceptors (Lipinski definition) is 2. The molecule has 1 aromatic carbocycles. The molecule has 1 saturated carbocycles. The summed E-state index contributed by atoms with van der Waals surface area (Å²) in [6.45, 7) is 5.88. The fourth-order valence-corrected chi connectivity index (χ4v) is 2.90. The van der Waals surface area contributed by atoms with Gasteiger partial charge in [-0.3, -0.25) is 9.79 Å². The van der Waals surface area contributed by atoms with Crippen molar-refractivity contribution in [2.24, 2.45) is 16.8 Å². The number of nitrogens with zero attached hydrogens (tertiary/aromatic N) is 1. The average molecular weight is 458 g/mol. The molecule has 3 N–H and O–H groups in total. The van der Waals surface area contributed by atoms with Crippen LogP contribution in [-0.2, 0) is 11.3 Å². The first-order valence-corrected chi connectivity index (χ1v) is 8.93. The van der Waals surface area contributed by atoms with E-state index in [0.29, 0.717) is 12.5 Å². The molecule has 1 aliphatic rings. The summed E-state index contributed by atoms with van der Waals surface area (Å²) in [4.78, 5) is 16.5. The Kier molecular flexibility index (Phi) is 9.85. The number of guanidine groups is 1. The largest absolute Gasteiger partial charge is 0.356 e. The molecule has 1 amide bonds. The van der Waals surface area contributed by atoms with Gasteiger partial charge in [0.25, 0.3) is 0 Å². The van der Waals surface area contributed by atoms with E-state index in [-0.39, 0.29) is 35.8 Å². The van der Waals surface area contributed by atoms with Gasteiger partial charge in [-0.05, 0) is 36.5 Å². The quantitative estimate of drug-likeness (QED) is 0.346. The summed E-state index contributed by atoms with van der Waals surface area (Å²) >= 11 is 0. The second kappa shape index (κ2) is 11.3. The van der Waals surface area contributed by atoms with Crippen LogP contribution < -0.4 is 16.0 Å². The molecule has 2 rings (SSSR count). The normalized spacial score (nSPS) is 15.0. The fraction of sp³-hybridized carbons (Fsp3) is 0.579. The van der Waals surface area contributed by atoms with Crippen LogP contribution in [-0.4, -0.2) is 25.5 Å². The molecular formula is C19H31IN4O. The first-order chi connectivity index (χ1) is 11.6. The van der Waals surface area contributed by atoms with E-state index in [0.717, 1.165) is 36.6 Å². The number of rotatable bonds is 6. The molecule has 0 heterocycles. The van der Waals surface area contributed by atoms with Gasteiger partial charge in [0.2, 0.25) is 5.91 Å². The van der Waals surface area contributed by atoms with Crippen molar-refractivity contribution in [3.05, 3.63) is 29.8 Å². The number of benzene rings is 1. The van der Waals surface area contributed by atoms with Crippen LogP contribution in [0.15, 0.2) is 29.3 Å². The SMILES string of the molecule is CN=C(NCc1cccc(NC(=O)C2CCCC2)c1)NCC(C)C.I. The highest BCUT2D eigenvalue weighted by Crippen LogP contribution is 2.26. The first-order valence-electron chi connectivity index (χ1n) is 8.93. The predicted molar refractivity (Wildman–Crippen MR) is 115 cm³/mol. The van der Waals surface area contributed by atoms with Crippen LogP contribution in [0.2, 0.25) is 0 Å². The van der Waals surface area contributed by atoms with Crippen molar-refractivity contribution < 1.29 is 4.79 Å². The molecular weight excluding hydrogens is 427 g/mol. The maximum Gasteiger partial charge on any atom is 0.227 e. The number of hydrogen-bond donors (Lipinski definition) is 3. The molecule has 0 atom stereocenters. The lowest BCUT2D eigenvalue weighted by molar-refractivity contribution is -0.119. The number of nitrogens with one attached hydrogen (secondary N) is 3. The van der Waals surface area contributed by atoms with Crippen molar-refractivity contribution >= 4 is 41.5 Å². The van der Waals surface area contributed by atoms with Gasteiger partial charge in [0.15, 0.2) is 5.96 Å². The van der Waals surface area contributed by atoms with Crippen LogP contribution >= 0.6 is 24.0 Å². The van der Waals surface area contributed by atoms with Crippen LogP contribution in [0.3, 0.4) is 0 Å². The highest BCUT2D eigenvalue weighted by molar-refractivity contribution is 14.0. The number of carbonyl (C=O) groups excluding carboxylic acids is 1. The van der Waals surface area contributed by atoms with Crippen LogP contribution in [0, 0.1) is 11.8 Å². The first kappa shape index (κ1) is 21.7. The van der Waals surface area contributed by atoms with Gasteiger partial charge < -0.3 is 16.0 Å². The molecule has 1 fully saturated rings. The molecule has 0 unspecified atom stereocenters. The van der Waals surface area contributed by atoms with Crippen LogP contribution in [0.4, 0.5) is 5.69 Å². The van der Waals surface area contributed by atoms with Crippen LogP contribution in [0.25, 0.3) is 0 Å². The van der Waals surface area contributed by atoms with Gasteiger partial charge in [-0.1, -0.05) is 38.8 Å². The summed E-state index contributed by atoms with van der Waals surface area (Å²) in [5.74, 6) is 1.71. The van der Waals surface area contributed by atoms with E-state index in [1.54, 1.807) is 7.05 Å². The van der Waals surface area contributed by atoms with Gasteiger partial charge in [-0.15, -0.1) is 24.0 Å². The third kappa shape index (κ3) is 7.63. The lowest BCUT2D eigenvalue weighted by atomic mass is 10.1. The summed E-state index contributed by atoms with van der Waals surface area (Å²) in [5.41, 5.74) is 1.99. The molecule has 0 saturated heterocycles. The van der Waals surface area contributed by atoms with Crippen molar-refractivity contribution in [3.8, 4) is 0 Å². The Morgan fingerprint density at radius 1 is 1.24 bits per heavy atom. The van der Waals surface area contributed by atoms with E-state index in [2.05, 4.69) is 34.8 Å². The zero-order valence-electron chi connectivity index (χ0n) is 15.5. The van der Waals surface area contributed by atoms with Crippen molar-refractivity contribution in [3.63, 3.8) is 0 Å². The Morgan fingerprint density at radius 2 is 1.96 bits per heavy atom. The Bertz CT molecular complexity index is 568. The van der Waals surface area contributed by atoms with Gasteiger partial charge in [0.05, 0.1) is 0 Å². The topological polar surface area (TPSA) is 65.5 Å². The van der Waals surface area contributed by atoms with Crippen LogP contribution in [0.5, 0.6) is 0 Å². The predicted octanol–water partition coefficient (Wildman–Crippen LogP) is 3.75. The van der Waals surface area contributed by atoms with Gasteiger partial charge in [-0.25, -0.2) is 0 Å². The number of halogens is 1. The second-order valence-corrected chi connectivity index (χ2v) is 6.87. The molecule has 0 aliphatic heterocycles. The summed E-state index contributed by atoms with van der Waals surface area (Å²) < 4.78 is 0. The summed E-state index contributed by atoms with van der Waals surface area (Å²) in [5, 5.41) is 9.65. The van der Waals surface area contributed by atoms with Crippen molar-refractivity contribution in [2.75, 3.05) is 18.9 Å². The maximum atomic E-state index is 12.2. The number of carbonyl (C=O) groups is 1. The monoisotopic (exact) mass is 458 g/mol. The zero-order valence-corrected chi connectivity index (χ0v) is 17.8. The second-order valence-electron chi connectivity index (χ2n) is 6.87. The molecule has 140 valence electrons. The Hall–Kier alpha value is -1.31. The molecule has 0 radical (unpaired) electrons. The van der Waals surface area contributed by atoms with E-state index in [1.807, 2.05) is 24.3 Å². The third-order valence-corrected chi connectivity index (χ3v) is 4.28. The molecule has 6 heteroatoms. The lowest BCUT2D eigenvalue weighted by Gasteiger charge is -2.14. The highest BCUT2D eigenvalue weighted by Gasteiger charge is 2.22. The van der Waals surface area contributed by atoms with E-state index in [1.165, 1.54) is 12.8 Å². The molecule has 1 aliphatic carbocycles. The van der Waals surface area contributed by atoms with Gasteiger partial charge in [0.1, 0.15) is 0 Å². The third-order valence-electron chi connectivity index (χ3n) is 4.28. The minimum Gasteiger partial charge on any atom is -0.356 e. The van der Waals surface area contributed by atoms with E-state index in [4.69, 9.17) is 0 Å². The minimum absolute atomic E-state index is 0. The Labute approximate surface area is 168 Å². The fourth-order valence-electron chi connectivity index (χ4n) is 2.90. The van der Waals surface area contributed by atoms with Crippen molar-refractivity contribution in [2.45, 2.75) is 46.1 Å². The summed E-state index contributed by atoms with van der Waals surface area (Å²) in [7, 11) is 1.77. The molecule has 0 bridgehead atoms. The average Bonchev–Trinajstić information content (AvgIpc) is 3.10. The Balaban J connectivity index is 0.00000312. The number of aliphatic imine (C=N–C) groups is 1. The molecule has 0 spiro atoms. The maximum absolute atomic E-state index is 12.2.